The van der Waals surface area contributed by atoms with Crippen LogP contribution in [-0.2, 0) is 6.61 Å². The van der Waals surface area contributed by atoms with E-state index >= 15 is 0 Å². The van der Waals surface area contributed by atoms with Crippen LogP contribution in [0.15, 0.2) is 65.5 Å². The minimum Gasteiger partial charge on any atom is -0.487 e. The molecule has 7 heteroatoms. The number of anilines is 2. The maximum absolute atomic E-state index is 13.2. The zero-order valence-electron chi connectivity index (χ0n) is 13.4. The molecular weight excluding hydrogens is 357 g/mol. The zero-order valence-corrected chi connectivity index (χ0v) is 14.2. The number of fused-ring (bicyclic) bond motifs is 1. The number of aromatic nitrogens is 2. The van der Waals surface area contributed by atoms with Gasteiger partial charge in [-0.15, -0.1) is 0 Å². The molecule has 4 aromatic rings. The summed E-state index contributed by atoms with van der Waals surface area (Å²) in [6, 6.07) is 13.3. The number of nitrogens with zero attached hydrogens (tertiary/aromatic N) is 2. The summed E-state index contributed by atoms with van der Waals surface area (Å²) in [5.41, 5.74) is 2.73. The van der Waals surface area contributed by atoms with Gasteiger partial charge in [0.05, 0.1) is 11.3 Å². The van der Waals surface area contributed by atoms with Crippen LogP contribution in [0.5, 0.6) is 5.75 Å². The van der Waals surface area contributed by atoms with Gasteiger partial charge in [-0.1, -0.05) is 23.7 Å². The lowest BCUT2D eigenvalue weighted by Crippen LogP contribution is -1.98. The minimum atomic E-state index is -0.300. The van der Waals surface area contributed by atoms with E-state index in [4.69, 9.17) is 20.8 Å². The summed E-state index contributed by atoms with van der Waals surface area (Å²) in [7, 11) is 0. The average molecular weight is 370 g/mol. The Morgan fingerprint density at radius 3 is 2.88 bits per heavy atom. The normalized spacial score (nSPS) is 10.8. The molecule has 0 saturated heterocycles. The number of rotatable bonds is 5. The standard InChI is InChI=1S/C19H13ClFN3O2/c20-15-9-14(24-19-18-16(6-7-25-18)22-11-23-19)4-5-17(15)26-10-12-2-1-3-13(21)8-12/h1-9,11H,10H2,(H,22,23,24). The van der Waals surface area contributed by atoms with Crippen molar-refractivity contribution in [2.45, 2.75) is 6.61 Å². The molecule has 0 radical (unpaired) electrons. The largest absolute Gasteiger partial charge is 0.487 e. The van der Waals surface area contributed by atoms with Crippen molar-refractivity contribution >= 4 is 34.2 Å². The first-order valence-corrected chi connectivity index (χ1v) is 8.19. The zero-order chi connectivity index (χ0) is 17.9. The first-order chi connectivity index (χ1) is 12.7. The van der Waals surface area contributed by atoms with Crippen molar-refractivity contribution < 1.29 is 13.5 Å². The molecule has 0 bridgehead atoms. The van der Waals surface area contributed by atoms with Crippen LogP contribution in [0.2, 0.25) is 5.02 Å². The Morgan fingerprint density at radius 2 is 2.04 bits per heavy atom. The van der Waals surface area contributed by atoms with Crippen LogP contribution in [0, 0.1) is 5.82 Å². The predicted octanol–water partition coefficient (Wildman–Crippen LogP) is 5.34. The lowest BCUT2D eigenvalue weighted by Gasteiger charge is -2.11. The van der Waals surface area contributed by atoms with Crippen molar-refractivity contribution in [3.8, 4) is 5.75 Å². The lowest BCUT2D eigenvalue weighted by molar-refractivity contribution is 0.306. The van der Waals surface area contributed by atoms with E-state index in [1.54, 1.807) is 36.6 Å². The first-order valence-electron chi connectivity index (χ1n) is 7.81. The molecule has 4 rings (SSSR count). The van der Waals surface area contributed by atoms with Gasteiger partial charge in [-0.2, -0.15) is 0 Å². The fraction of sp³-hybridized carbons (Fsp3) is 0.0526. The van der Waals surface area contributed by atoms with Gasteiger partial charge < -0.3 is 14.5 Å². The van der Waals surface area contributed by atoms with E-state index in [1.807, 2.05) is 6.07 Å². The fourth-order valence-electron chi connectivity index (χ4n) is 2.50. The molecule has 0 amide bonds. The SMILES string of the molecule is Fc1cccc(COc2ccc(Nc3ncnc4ccoc34)cc2Cl)c1. The molecule has 2 heterocycles. The van der Waals surface area contributed by atoms with Crippen molar-refractivity contribution in [1.29, 1.82) is 0 Å². The van der Waals surface area contributed by atoms with Crippen LogP contribution in [0.1, 0.15) is 5.56 Å². The molecule has 130 valence electrons. The summed E-state index contributed by atoms with van der Waals surface area (Å²) in [6.07, 6.45) is 3.01. The Balaban J connectivity index is 1.50. The topological polar surface area (TPSA) is 60.2 Å². The summed E-state index contributed by atoms with van der Waals surface area (Å²) in [4.78, 5) is 8.30. The number of ether oxygens (including phenoxy) is 1. The van der Waals surface area contributed by atoms with Gasteiger partial charge in [0.2, 0.25) is 0 Å². The molecule has 0 spiro atoms. The van der Waals surface area contributed by atoms with Gasteiger partial charge in [0.1, 0.15) is 30.0 Å². The first kappa shape index (κ1) is 16.4. The summed E-state index contributed by atoms with van der Waals surface area (Å²) in [5, 5.41) is 3.57. The van der Waals surface area contributed by atoms with E-state index in [0.717, 1.165) is 11.3 Å². The van der Waals surface area contributed by atoms with Gasteiger partial charge in [0.15, 0.2) is 11.4 Å². The summed E-state index contributed by atoms with van der Waals surface area (Å²) in [6.45, 7) is 0.225. The van der Waals surface area contributed by atoms with E-state index in [0.29, 0.717) is 27.7 Å². The van der Waals surface area contributed by atoms with Gasteiger partial charge >= 0.3 is 0 Å². The number of hydrogen-bond acceptors (Lipinski definition) is 5. The molecule has 0 aliphatic heterocycles. The highest BCUT2D eigenvalue weighted by atomic mass is 35.5. The van der Waals surface area contributed by atoms with Crippen molar-refractivity contribution in [2.75, 3.05) is 5.32 Å². The highest BCUT2D eigenvalue weighted by Gasteiger charge is 2.09. The molecule has 0 saturated carbocycles. The third-order valence-electron chi connectivity index (χ3n) is 3.72. The molecule has 2 aromatic carbocycles. The molecule has 5 nitrogen and oxygen atoms in total. The van der Waals surface area contributed by atoms with E-state index in [2.05, 4.69) is 15.3 Å². The smallest absolute Gasteiger partial charge is 0.194 e. The Hall–Kier alpha value is -3.12. The van der Waals surface area contributed by atoms with Crippen LogP contribution in [0.25, 0.3) is 11.1 Å². The lowest BCUT2D eigenvalue weighted by atomic mass is 10.2. The number of furan rings is 1. The quantitative estimate of drug-likeness (QED) is 0.514. The summed E-state index contributed by atoms with van der Waals surface area (Å²) >= 11 is 6.29. The molecule has 0 fully saturated rings. The minimum absolute atomic E-state index is 0.225. The van der Waals surface area contributed by atoms with Crippen LogP contribution >= 0.6 is 11.6 Å². The Kier molecular flexibility index (Phi) is 4.41. The van der Waals surface area contributed by atoms with Gasteiger partial charge in [-0.25, -0.2) is 14.4 Å². The molecule has 26 heavy (non-hydrogen) atoms. The molecule has 0 aliphatic rings. The van der Waals surface area contributed by atoms with Crippen molar-refractivity contribution in [3.63, 3.8) is 0 Å². The fourth-order valence-corrected chi connectivity index (χ4v) is 2.73. The van der Waals surface area contributed by atoms with Crippen molar-refractivity contribution in [2.24, 2.45) is 0 Å². The monoisotopic (exact) mass is 369 g/mol. The van der Waals surface area contributed by atoms with Gasteiger partial charge in [-0.05, 0) is 35.9 Å². The average Bonchev–Trinajstić information content (AvgIpc) is 3.11. The van der Waals surface area contributed by atoms with E-state index in [-0.39, 0.29) is 12.4 Å². The maximum atomic E-state index is 13.2. The van der Waals surface area contributed by atoms with Gasteiger partial charge in [0.25, 0.3) is 0 Å². The van der Waals surface area contributed by atoms with Crippen LogP contribution < -0.4 is 10.1 Å². The van der Waals surface area contributed by atoms with Crippen LogP contribution in [0.3, 0.4) is 0 Å². The van der Waals surface area contributed by atoms with E-state index < -0.39 is 0 Å². The predicted molar refractivity (Wildman–Crippen MR) is 97.3 cm³/mol. The number of nitrogens with one attached hydrogen (secondary N) is 1. The highest BCUT2D eigenvalue weighted by molar-refractivity contribution is 6.32. The molecule has 0 unspecified atom stereocenters. The number of benzene rings is 2. The summed E-state index contributed by atoms with van der Waals surface area (Å²) < 4.78 is 24.3. The van der Waals surface area contributed by atoms with Crippen molar-refractivity contribution in [3.05, 3.63) is 77.5 Å². The molecular formula is C19H13ClFN3O2. The molecule has 0 aliphatic carbocycles. The van der Waals surface area contributed by atoms with E-state index in [9.17, 15) is 4.39 Å². The Morgan fingerprint density at radius 1 is 1.12 bits per heavy atom. The summed E-state index contributed by atoms with van der Waals surface area (Å²) in [5.74, 6) is 0.752. The Bertz CT molecular complexity index is 1070. The van der Waals surface area contributed by atoms with Crippen LogP contribution in [0.4, 0.5) is 15.9 Å². The van der Waals surface area contributed by atoms with Gasteiger partial charge in [0, 0.05) is 11.8 Å². The number of halogens is 2. The second-order valence-electron chi connectivity index (χ2n) is 5.55. The Labute approximate surface area is 153 Å². The second kappa shape index (κ2) is 7.01. The third kappa shape index (κ3) is 3.45. The van der Waals surface area contributed by atoms with Gasteiger partial charge in [-0.3, -0.25) is 0 Å². The highest BCUT2D eigenvalue weighted by Crippen LogP contribution is 2.31. The second-order valence-corrected chi connectivity index (χ2v) is 5.95. The molecule has 1 N–H and O–H groups in total. The van der Waals surface area contributed by atoms with Crippen LogP contribution in [-0.4, -0.2) is 9.97 Å². The number of hydrogen-bond donors (Lipinski definition) is 1. The molecule has 2 aromatic heterocycles. The molecule has 0 atom stereocenters. The maximum Gasteiger partial charge on any atom is 0.194 e. The van der Waals surface area contributed by atoms with Crippen molar-refractivity contribution in [1.82, 2.24) is 9.97 Å². The van der Waals surface area contributed by atoms with E-state index in [1.165, 1.54) is 18.5 Å². The third-order valence-corrected chi connectivity index (χ3v) is 4.02.